The van der Waals surface area contributed by atoms with Gasteiger partial charge in [-0.05, 0) is 0 Å². The number of nitrogens with zero attached hydrogens (tertiary/aromatic N) is 1. The van der Waals surface area contributed by atoms with Gasteiger partial charge in [0.15, 0.2) is 23.3 Å². The molecule has 1 atom stereocenters. The lowest BCUT2D eigenvalue weighted by atomic mass is 10.1. The fourth-order valence-electron chi connectivity index (χ4n) is 1.29. The Morgan fingerprint density at radius 2 is 1.38 bits per heavy atom. The number of rotatable bonds is 3. The van der Waals surface area contributed by atoms with Gasteiger partial charge in [0, 0.05) is 7.05 Å². The van der Waals surface area contributed by atoms with E-state index in [1.54, 1.807) is 0 Å². The standard InChI is InChI=1S/C11H6F5N3O2/c1-18-10(20)3(2-17)11(21)19-9-7(15)5(13)4(12)6(14)8(9)16/h3H,1H3,(H,18,20)(H,19,21). The van der Waals surface area contributed by atoms with Crippen molar-refractivity contribution in [2.24, 2.45) is 5.92 Å². The van der Waals surface area contributed by atoms with Gasteiger partial charge in [-0.2, -0.15) is 5.26 Å². The third-order valence-corrected chi connectivity index (χ3v) is 2.36. The summed E-state index contributed by atoms with van der Waals surface area (Å²) >= 11 is 0. The molecule has 10 heteroatoms. The molecular formula is C11H6F5N3O2. The average Bonchev–Trinajstić information content (AvgIpc) is 2.48. The summed E-state index contributed by atoms with van der Waals surface area (Å²) in [6, 6.07) is 1.22. The molecule has 0 spiro atoms. The average molecular weight is 307 g/mol. The lowest BCUT2D eigenvalue weighted by Crippen LogP contribution is -2.36. The van der Waals surface area contributed by atoms with Crippen LogP contribution in [-0.2, 0) is 9.59 Å². The fraction of sp³-hybridized carbons (Fsp3) is 0.182. The molecular weight excluding hydrogens is 301 g/mol. The maximum absolute atomic E-state index is 13.3. The van der Waals surface area contributed by atoms with E-state index in [1.165, 1.54) is 11.4 Å². The Morgan fingerprint density at radius 1 is 0.952 bits per heavy atom. The van der Waals surface area contributed by atoms with E-state index < -0.39 is 52.5 Å². The fourth-order valence-corrected chi connectivity index (χ4v) is 1.29. The Kier molecular flexibility index (Phi) is 4.80. The zero-order valence-corrected chi connectivity index (χ0v) is 10.2. The lowest BCUT2D eigenvalue weighted by Gasteiger charge is -2.11. The molecule has 0 bridgehead atoms. The van der Waals surface area contributed by atoms with Crippen LogP contribution in [0.4, 0.5) is 27.6 Å². The first kappa shape index (κ1) is 16.4. The second-order valence-corrected chi connectivity index (χ2v) is 3.61. The van der Waals surface area contributed by atoms with Crippen LogP contribution in [0, 0.1) is 46.3 Å². The van der Waals surface area contributed by atoms with Gasteiger partial charge in [0.25, 0.3) is 5.91 Å². The SMILES string of the molecule is CNC(=O)C(C#N)C(=O)Nc1c(F)c(F)c(F)c(F)c1F. The number of halogens is 5. The predicted molar refractivity (Wildman–Crippen MR) is 58.0 cm³/mol. The van der Waals surface area contributed by atoms with Crippen LogP contribution in [0.25, 0.3) is 0 Å². The van der Waals surface area contributed by atoms with E-state index in [1.807, 2.05) is 5.32 Å². The van der Waals surface area contributed by atoms with Gasteiger partial charge < -0.3 is 10.6 Å². The highest BCUT2D eigenvalue weighted by Gasteiger charge is 2.31. The predicted octanol–water partition coefficient (Wildman–Crippen LogP) is 1.21. The largest absolute Gasteiger partial charge is 0.358 e. The minimum absolute atomic E-state index is 1.08. The Bertz CT molecular complexity index is 627. The van der Waals surface area contributed by atoms with Crippen molar-refractivity contribution in [2.45, 2.75) is 0 Å². The number of hydrogen-bond donors (Lipinski definition) is 2. The van der Waals surface area contributed by atoms with Crippen molar-refractivity contribution >= 4 is 17.5 Å². The van der Waals surface area contributed by atoms with Crippen LogP contribution < -0.4 is 10.6 Å². The van der Waals surface area contributed by atoms with E-state index in [2.05, 4.69) is 0 Å². The van der Waals surface area contributed by atoms with Gasteiger partial charge in [-0.3, -0.25) is 9.59 Å². The molecule has 0 saturated carbocycles. The lowest BCUT2D eigenvalue weighted by molar-refractivity contribution is -0.129. The zero-order chi connectivity index (χ0) is 16.3. The molecule has 5 nitrogen and oxygen atoms in total. The van der Waals surface area contributed by atoms with Crippen molar-refractivity contribution < 1.29 is 31.5 Å². The van der Waals surface area contributed by atoms with Crippen molar-refractivity contribution in [3.63, 3.8) is 0 Å². The number of amides is 2. The van der Waals surface area contributed by atoms with Crippen molar-refractivity contribution in [1.29, 1.82) is 5.26 Å². The van der Waals surface area contributed by atoms with Crippen molar-refractivity contribution in [3.8, 4) is 6.07 Å². The topological polar surface area (TPSA) is 82.0 Å². The molecule has 0 aliphatic heterocycles. The summed E-state index contributed by atoms with van der Waals surface area (Å²) < 4.78 is 65.2. The Labute approximate surface area is 114 Å². The van der Waals surface area contributed by atoms with Crippen molar-refractivity contribution in [2.75, 3.05) is 12.4 Å². The molecule has 0 radical (unpaired) electrons. The molecule has 112 valence electrons. The van der Waals surface area contributed by atoms with E-state index in [9.17, 15) is 31.5 Å². The molecule has 2 N–H and O–H groups in total. The van der Waals surface area contributed by atoms with Gasteiger partial charge in [-0.1, -0.05) is 0 Å². The van der Waals surface area contributed by atoms with Gasteiger partial charge in [0.1, 0.15) is 5.69 Å². The van der Waals surface area contributed by atoms with Gasteiger partial charge >= 0.3 is 0 Å². The third-order valence-electron chi connectivity index (χ3n) is 2.36. The molecule has 0 aromatic heterocycles. The second kappa shape index (κ2) is 6.17. The highest BCUT2D eigenvalue weighted by atomic mass is 19.2. The van der Waals surface area contributed by atoms with E-state index in [4.69, 9.17) is 5.26 Å². The van der Waals surface area contributed by atoms with E-state index in [-0.39, 0.29) is 0 Å². The smallest absolute Gasteiger partial charge is 0.251 e. The molecule has 2 amide bonds. The molecule has 21 heavy (non-hydrogen) atoms. The van der Waals surface area contributed by atoms with Crippen LogP contribution in [0.5, 0.6) is 0 Å². The maximum atomic E-state index is 13.3. The summed E-state index contributed by atoms with van der Waals surface area (Å²) in [4.78, 5) is 22.6. The molecule has 1 rings (SSSR count). The second-order valence-electron chi connectivity index (χ2n) is 3.61. The minimum Gasteiger partial charge on any atom is -0.358 e. The number of nitriles is 1. The van der Waals surface area contributed by atoms with Crippen molar-refractivity contribution in [1.82, 2.24) is 5.32 Å². The summed E-state index contributed by atoms with van der Waals surface area (Å²) in [5.41, 5.74) is -1.64. The quantitative estimate of drug-likeness (QED) is 0.381. The molecule has 0 fully saturated rings. The first-order valence-corrected chi connectivity index (χ1v) is 5.19. The third kappa shape index (κ3) is 2.91. The van der Waals surface area contributed by atoms with Gasteiger partial charge in [0.2, 0.25) is 17.6 Å². The van der Waals surface area contributed by atoms with Gasteiger partial charge in [-0.25, -0.2) is 22.0 Å². The normalized spacial score (nSPS) is 11.5. The van der Waals surface area contributed by atoms with Crippen LogP contribution >= 0.6 is 0 Å². The number of carbonyl (C=O) groups is 2. The molecule has 0 aliphatic rings. The first-order valence-electron chi connectivity index (χ1n) is 5.19. The molecule has 0 heterocycles. The minimum atomic E-state index is -2.40. The highest BCUT2D eigenvalue weighted by Crippen LogP contribution is 2.27. The number of benzene rings is 1. The number of hydrogen-bond acceptors (Lipinski definition) is 3. The Balaban J connectivity index is 3.24. The van der Waals surface area contributed by atoms with E-state index >= 15 is 0 Å². The van der Waals surface area contributed by atoms with Crippen LogP contribution in [0.3, 0.4) is 0 Å². The summed E-state index contributed by atoms with van der Waals surface area (Å²) in [5.74, 6) is -16.2. The number of nitrogens with one attached hydrogen (secondary N) is 2. The molecule has 1 aromatic carbocycles. The van der Waals surface area contributed by atoms with Gasteiger partial charge in [0.05, 0.1) is 6.07 Å². The zero-order valence-electron chi connectivity index (χ0n) is 10.2. The Hall–Kier alpha value is -2.70. The van der Waals surface area contributed by atoms with Gasteiger partial charge in [-0.15, -0.1) is 0 Å². The Morgan fingerprint density at radius 3 is 1.76 bits per heavy atom. The van der Waals surface area contributed by atoms with Crippen molar-refractivity contribution in [3.05, 3.63) is 29.1 Å². The highest BCUT2D eigenvalue weighted by molar-refractivity contribution is 6.08. The number of carbonyl (C=O) groups excluding carboxylic acids is 2. The first-order chi connectivity index (χ1) is 9.76. The summed E-state index contributed by atoms with van der Waals surface area (Å²) in [6.45, 7) is 0. The van der Waals surface area contributed by atoms with Crippen LogP contribution in [-0.4, -0.2) is 18.9 Å². The molecule has 0 saturated heterocycles. The van der Waals surface area contributed by atoms with E-state index in [0.717, 1.165) is 7.05 Å². The molecule has 0 aliphatic carbocycles. The maximum Gasteiger partial charge on any atom is 0.251 e. The van der Waals surface area contributed by atoms with Crippen LogP contribution in [0.2, 0.25) is 0 Å². The number of anilines is 1. The van der Waals surface area contributed by atoms with Crippen LogP contribution in [0.15, 0.2) is 0 Å². The molecule has 1 unspecified atom stereocenters. The monoisotopic (exact) mass is 307 g/mol. The summed E-state index contributed by atoms with van der Waals surface area (Å²) in [5, 5.41) is 11.9. The molecule has 1 aromatic rings. The summed E-state index contributed by atoms with van der Waals surface area (Å²) in [7, 11) is 1.08. The summed E-state index contributed by atoms with van der Waals surface area (Å²) in [6.07, 6.45) is 0. The van der Waals surface area contributed by atoms with Crippen LogP contribution in [0.1, 0.15) is 0 Å². The van der Waals surface area contributed by atoms with E-state index in [0.29, 0.717) is 0 Å².